The fourth-order valence-corrected chi connectivity index (χ4v) is 1.63. The van der Waals surface area contributed by atoms with Crippen molar-refractivity contribution in [2.24, 2.45) is 0 Å². The zero-order valence-corrected chi connectivity index (χ0v) is 10.6. The van der Waals surface area contributed by atoms with Gasteiger partial charge in [-0.3, -0.25) is 9.78 Å². The van der Waals surface area contributed by atoms with Crippen LogP contribution in [0.2, 0.25) is 0 Å². The number of rotatable bonds is 5. The van der Waals surface area contributed by atoms with Crippen molar-refractivity contribution in [2.45, 2.75) is 12.8 Å². The quantitative estimate of drug-likeness (QED) is 0.864. The summed E-state index contributed by atoms with van der Waals surface area (Å²) in [4.78, 5) is 30.0. The molecule has 0 unspecified atom stereocenters. The first-order valence-electron chi connectivity index (χ1n) is 6.03. The minimum Gasteiger partial charge on any atom is -0.477 e. The van der Waals surface area contributed by atoms with Gasteiger partial charge in [-0.15, -0.1) is 0 Å². The second-order valence-corrected chi connectivity index (χ2v) is 4.14. The maximum absolute atomic E-state index is 11.7. The summed E-state index contributed by atoms with van der Waals surface area (Å²) in [5, 5.41) is 11.4. The highest BCUT2D eigenvalue weighted by molar-refractivity contribution is 5.91. The highest BCUT2D eigenvalue weighted by Gasteiger charge is 2.06. The van der Waals surface area contributed by atoms with Gasteiger partial charge in [0.25, 0.3) is 0 Å². The number of hydrogen-bond donors (Lipinski definition) is 2. The number of nitrogens with zero attached hydrogens (tertiary/aromatic N) is 2. The lowest BCUT2D eigenvalue weighted by atomic mass is 10.1. The summed E-state index contributed by atoms with van der Waals surface area (Å²) in [7, 11) is 0. The maximum Gasteiger partial charge on any atom is 0.354 e. The molecular weight excluding hydrogens is 258 g/mol. The monoisotopic (exact) mass is 271 g/mol. The third kappa shape index (κ3) is 3.88. The summed E-state index contributed by atoms with van der Waals surface area (Å²) in [5.74, 6) is -1.24. The summed E-state index contributed by atoms with van der Waals surface area (Å²) >= 11 is 0. The van der Waals surface area contributed by atoms with Crippen LogP contribution in [0.5, 0.6) is 0 Å². The fourth-order valence-electron chi connectivity index (χ4n) is 1.63. The number of carbonyl (C=O) groups excluding carboxylic acids is 1. The standard InChI is InChI=1S/C14H13N3O3/c18-13(4-1-10-5-7-15-8-6-10)17-11-2-3-12(14(19)20)16-9-11/h2-3,5-9H,1,4H2,(H,17,18)(H,19,20). The smallest absolute Gasteiger partial charge is 0.354 e. The third-order valence-corrected chi connectivity index (χ3v) is 2.66. The van der Waals surface area contributed by atoms with Crippen molar-refractivity contribution in [2.75, 3.05) is 5.32 Å². The van der Waals surface area contributed by atoms with Crippen molar-refractivity contribution in [1.82, 2.24) is 9.97 Å². The van der Waals surface area contributed by atoms with E-state index in [9.17, 15) is 9.59 Å². The van der Waals surface area contributed by atoms with E-state index >= 15 is 0 Å². The molecule has 0 aromatic carbocycles. The first-order chi connectivity index (χ1) is 9.65. The van der Waals surface area contributed by atoms with E-state index in [-0.39, 0.29) is 11.6 Å². The van der Waals surface area contributed by atoms with Gasteiger partial charge >= 0.3 is 5.97 Å². The molecule has 0 aliphatic heterocycles. The molecule has 0 aliphatic carbocycles. The number of aryl methyl sites for hydroxylation is 1. The number of amides is 1. The average Bonchev–Trinajstić information content (AvgIpc) is 2.47. The molecule has 102 valence electrons. The Morgan fingerprint density at radius 1 is 1.15 bits per heavy atom. The van der Waals surface area contributed by atoms with Crippen LogP contribution in [0.3, 0.4) is 0 Å². The minimum atomic E-state index is -1.10. The largest absolute Gasteiger partial charge is 0.477 e. The van der Waals surface area contributed by atoms with Crippen LogP contribution >= 0.6 is 0 Å². The molecule has 0 bridgehead atoms. The lowest BCUT2D eigenvalue weighted by Crippen LogP contribution is -2.13. The second-order valence-electron chi connectivity index (χ2n) is 4.14. The molecule has 0 radical (unpaired) electrons. The Labute approximate surface area is 115 Å². The molecule has 6 heteroatoms. The molecule has 2 N–H and O–H groups in total. The SMILES string of the molecule is O=C(CCc1ccncc1)Nc1ccc(C(=O)O)nc1. The molecule has 20 heavy (non-hydrogen) atoms. The maximum atomic E-state index is 11.7. The van der Waals surface area contributed by atoms with Crippen LogP contribution in [0.1, 0.15) is 22.5 Å². The average molecular weight is 271 g/mol. The van der Waals surface area contributed by atoms with Gasteiger partial charge in [0.2, 0.25) is 5.91 Å². The van der Waals surface area contributed by atoms with Gasteiger partial charge in [0.15, 0.2) is 0 Å². The van der Waals surface area contributed by atoms with Crippen molar-refractivity contribution in [3.05, 3.63) is 54.1 Å². The van der Waals surface area contributed by atoms with E-state index in [1.807, 2.05) is 12.1 Å². The molecule has 0 saturated carbocycles. The fraction of sp³-hybridized carbons (Fsp3) is 0.143. The Hall–Kier alpha value is -2.76. The lowest BCUT2D eigenvalue weighted by molar-refractivity contribution is -0.116. The van der Waals surface area contributed by atoms with Gasteiger partial charge < -0.3 is 10.4 Å². The van der Waals surface area contributed by atoms with Crippen molar-refractivity contribution < 1.29 is 14.7 Å². The van der Waals surface area contributed by atoms with Gasteiger partial charge in [-0.1, -0.05) is 0 Å². The number of anilines is 1. The molecule has 6 nitrogen and oxygen atoms in total. The number of carbonyl (C=O) groups is 2. The molecule has 0 saturated heterocycles. The molecule has 0 spiro atoms. The van der Waals surface area contributed by atoms with Gasteiger partial charge in [0.05, 0.1) is 11.9 Å². The van der Waals surface area contributed by atoms with Crippen LogP contribution in [0.15, 0.2) is 42.9 Å². The molecule has 0 atom stereocenters. The van der Waals surface area contributed by atoms with Gasteiger partial charge in [-0.25, -0.2) is 9.78 Å². The number of nitrogens with one attached hydrogen (secondary N) is 1. The van der Waals surface area contributed by atoms with E-state index in [1.54, 1.807) is 12.4 Å². The Morgan fingerprint density at radius 3 is 2.50 bits per heavy atom. The Morgan fingerprint density at radius 2 is 1.90 bits per heavy atom. The van der Waals surface area contributed by atoms with Crippen LogP contribution in [-0.4, -0.2) is 27.0 Å². The second kappa shape index (κ2) is 6.42. The van der Waals surface area contributed by atoms with Crippen LogP contribution in [0.25, 0.3) is 0 Å². The number of carboxylic acid groups (broad SMARTS) is 1. The summed E-state index contributed by atoms with van der Waals surface area (Å²) in [5.41, 5.74) is 1.46. The van der Waals surface area contributed by atoms with E-state index in [1.165, 1.54) is 18.3 Å². The first-order valence-corrected chi connectivity index (χ1v) is 6.03. The Bertz CT molecular complexity index is 597. The highest BCUT2D eigenvalue weighted by atomic mass is 16.4. The minimum absolute atomic E-state index is 0.0558. The molecule has 2 aromatic heterocycles. The van der Waals surface area contributed by atoms with Crippen molar-refractivity contribution in [1.29, 1.82) is 0 Å². The van der Waals surface area contributed by atoms with Gasteiger partial charge in [-0.2, -0.15) is 0 Å². The molecule has 0 fully saturated rings. The summed E-state index contributed by atoms with van der Waals surface area (Å²) in [6.07, 6.45) is 5.65. The van der Waals surface area contributed by atoms with Crippen molar-refractivity contribution in [3.8, 4) is 0 Å². The summed E-state index contributed by atoms with van der Waals surface area (Å²) in [6, 6.07) is 6.58. The number of aromatic carboxylic acids is 1. The lowest BCUT2D eigenvalue weighted by Gasteiger charge is -2.05. The predicted molar refractivity (Wildman–Crippen MR) is 72.4 cm³/mol. The number of carboxylic acids is 1. The zero-order chi connectivity index (χ0) is 14.4. The molecule has 2 aromatic rings. The van der Waals surface area contributed by atoms with Crippen LogP contribution < -0.4 is 5.32 Å². The highest BCUT2D eigenvalue weighted by Crippen LogP contribution is 2.08. The molecule has 2 heterocycles. The van der Waals surface area contributed by atoms with E-state index in [0.717, 1.165) is 5.56 Å². The number of pyridine rings is 2. The normalized spacial score (nSPS) is 10.0. The van der Waals surface area contributed by atoms with Crippen molar-refractivity contribution in [3.63, 3.8) is 0 Å². The molecular formula is C14H13N3O3. The van der Waals surface area contributed by atoms with Crippen LogP contribution in [-0.2, 0) is 11.2 Å². The van der Waals surface area contributed by atoms with E-state index in [2.05, 4.69) is 15.3 Å². The first kappa shape index (κ1) is 13.7. The molecule has 0 aliphatic rings. The molecule has 1 amide bonds. The topological polar surface area (TPSA) is 92.2 Å². The van der Waals surface area contributed by atoms with Gasteiger partial charge in [-0.05, 0) is 36.2 Å². The summed E-state index contributed by atoms with van der Waals surface area (Å²) in [6.45, 7) is 0. The van der Waals surface area contributed by atoms with Crippen molar-refractivity contribution >= 4 is 17.6 Å². The zero-order valence-electron chi connectivity index (χ0n) is 10.6. The third-order valence-electron chi connectivity index (χ3n) is 2.66. The summed E-state index contributed by atoms with van der Waals surface area (Å²) < 4.78 is 0. The molecule has 2 rings (SSSR count). The number of aromatic nitrogens is 2. The van der Waals surface area contributed by atoms with Gasteiger partial charge in [0.1, 0.15) is 5.69 Å². The Balaban J connectivity index is 1.86. The Kier molecular flexibility index (Phi) is 4.39. The van der Waals surface area contributed by atoms with E-state index < -0.39 is 5.97 Å². The van der Waals surface area contributed by atoms with Gasteiger partial charge in [0, 0.05) is 18.8 Å². The van der Waals surface area contributed by atoms with Crippen LogP contribution in [0.4, 0.5) is 5.69 Å². The number of hydrogen-bond acceptors (Lipinski definition) is 4. The predicted octanol–water partition coefficient (Wildman–Crippen LogP) is 1.75. The van der Waals surface area contributed by atoms with Crippen LogP contribution in [0, 0.1) is 0 Å². The van der Waals surface area contributed by atoms with E-state index in [4.69, 9.17) is 5.11 Å². The van der Waals surface area contributed by atoms with E-state index in [0.29, 0.717) is 18.5 Å².